The maximum atomic E-state index is 12.6. The highest BCUT2D eigenvalue weighted by Gasteiger charge is 2.27. The summed E-state index contributed by atoms with van der Waals surface area (Å²) >= 11 is 0. The minimum atomic E-state index is -0.537. The summed E-state index contributed by atoms with van der Waals surface area (Å²) in [5.74, 6) is 5.97. The number of amides is 5. The van der Waals surface area contributed by atoms with E-state index in [1.165, 1.54) is 0 Å². The molecule has 14 heteroatoms. The van der Waals surface area contributed by atoms with Crippen LogP contribution in [0.15, 0.2) is 67.0 Å². The van der Waals surface area contributed by atoms with Crippen molar-refractivity contribution in [2.75, 3.05) is 13.1 Å². The number of benzene rings is 1. The van der Waals surface area contributed by atoms with Crippen LogP contribution in [0.3, 0.4) is 0 Å². The van der Waals surface area contributed by atoms with Crippen molar-refractivity contribution in [1.29, 1.82) is 0 Å². The Hall–Kier alpha value is -6.75. The number of nitrogens with one attached hydrogen (secondary N) is 3. The van der Waals surface area contributed by atoms with Gasteiger partial charge in [-0.25, -0.2) is 9.97 Å². The summed E-state index contributed by atoms with van der Waals surface area (Å²) in [7, 11) is 0. The Morgan fingerprint density at radius 1 is 1.04 bits per heavy atom. The number of imidazole rings is 1. The number of imide groups is 1. The summed E-state index contributed by atoms with van der Waals surface area (Å²) in [5, 5.41) is 9.21. The molecule has 7 rings (SSSR count). The van der Waals surface area contributed by atoms with Crippen molar-refractivity contribution < 1.29 is 24.0 Å². The zero-order chi connectivity index (χ0) is 38.2. The highest BCUT2D eigenvalue weighted by atomic mass is 16.2. The fraction of sp³-hybridized carbons (Fsp3) is 0.275. The molecule has 1 saturated heterocycles. The predicted octanol–water partition coefficient (Wildman–Crippen LogP) is 3.11. The third kappa shape index (κ3) is 8.47. The van der Waals surface area contributed by atoms with Gasteiger partial charge in [0, 0.05) is 67.5 Å². The number of rotatable bonds is 7. The van der Waals surface area contributed by atoms with Crippen molar-refractivity contribution in [3.05, 3.63) is 95.6 Å². The fourth-order valence-electron chi connectivity index (χ4n) is 6.31. The third-order valence-corrected chi connectivity index (χ3v) is 9.11. The Kier molecular flexibility index (Phi) is 11.5. The quantitative estimate of drug-likeness (QED) is 0.129. The second-order valence-corrected chi connectivity index (χ2v) is 12.7. The van der Waals surface area contributed by atoms with Crippen molar-refractivity contribution in [1.82, 2.24) is 45.4 Å². The van der Waals surface area contributed by atoms with Gasteiger partial charge >= 0.3 is 0 Å². The van der Waals surface area contributed by atoms with E-state index in [0.717, 1.165) is 63.5 Å². The van der Waals surface area contributed by atoms with Gasteiger partial charge in [0.2, 0.25) is 24.1 Å². The second kappa shape index (κ2) is 16.7. The van der Waals surface area contributed by atoms with Crippen LogP contribution >= 0.6 is 0 Å². The van der Waals surface area contributed by atoms with Crippen LogP contribution in [0.1, 0.15) is 60.1 Å². The number of hydrogen-bond donors (Lipinski definition) is 3. The van der Waals surface area contributed by atoms with Gasteiger partial charge in [0.25, 0.3) is 5.91 Å². The average Bonchev–Trinajstić information content (AvgIpc) is 3.55. The molecule has 14 nitrogen and oxygen atoms in total. The normalized spacial score (nSPS) is 14.8. The molecule has 4 aromatic heterocycles. The summed E-state index contributed by atoms with van der Waals surface area (Å²) in [6.07, 6.45) is 5.48. The van der Waals surface area contributed by atoms with Crippen molar-refractivity contribution in [2.45, 2.75) is 59.2 Å². The number of hydrogen-bond acceptors (Lipinski definition) is 9. The molecule has 1 aromatic carbocycles. The largest absolute Gasteiger partial charge is 0.347 e. The molecule has 1 unspecified atom stereocenters. The van der Waals surface area contributed by atoms with Crippen LogP contribution in [0.25, 0.3) is 33.3 Å². The smallest absolute Gasteiger partial charge is 0.270 e. The number of aryl methyl sites for hydroxylation is 2. The number of aromatic nitrogens is 5. The summed E-state index contributed by atoms with van der Waals surface area (Å²) in [5.41, 5.74) is 6.39. The van der Waals surface area contributed by atoms with Crippen LogP contribution in [-0.2, 0) is 38.7 Å². The minimum absolute atomic E-state index is 0.0714. The van der Waals surface area contributed by atoms with E-state index in [4.69, 9.17) is 9.97 Å². The molecule has 0 saturated carbocycles. The van der Waals surface area contributed by atoms with Gasteiger partial charge in [-0.3, -0.25) is 39.3 Å². The molecule has 2 aliphatic heterocycles. The fourth-order valence-corrected chi connectivity index (χ4v) is 6.31. The van der Waals surface area contributed by atoms with E-state index in [2.05, 4.69) is 61.4 Å². The van der Waals surface area contributed by atoms with E-state index >= 15 is 0 Å². The Labute approximate surface area is 311 Å². The number of carbonyl (C=O) groups is 5. The summed E-state index contributed by atoms with van der Waals surface area (Å²) < 4.78 is 2.26. The monoisotopic (exact) mass is 725 g/mol. The highest BCUT2D eigenvalue weighted by Crippen LogP contribution is 2.34. The molecule has 274 valence electrons. The molecule has 3 N–H and O–H groups in total. The molecule has 54 heavy (non-hydrogen) atoms. The maximum Gasteiger partial charge on any atom is 0.270 e. The van der Waals surface area contributed by atoms with E-state index in [1.807, 2.05) is 54.4 Å². The molecule has 1 atom stereocenters. The molecule has 0 radical (unpaired) electrons. The van der Waals surface area contributed by atoms with Gasteiger partial charge in [0.05, 0.1) is 30.2 Å². The third-order valence-electron chi connectivity index (χ3n) is 9.11. The zero-order valence-corrected chi connectivity index (χ0v) is 30.2. The molecule has 2 aliphatic rings. The lowest BCUT2D eigenvalue weighted by molar-refractivity contribution is -0.136. The number of piperidine rings is 1. The second-order valence-electron chi connectivity index (χ2n) is 12.7. The number of pyridine rings is 3. The molecular weight excluding hydrogens is 686 g/mol. The minimum Gasteiger partial charge on any atom is -0.347 e. The van der Waals surface area contributed by atoms with Gasteiger partial charge in [0.1, 0.15) is 23.3 Å². The van der Waals surface area contributed by atoms with Crippen LogP contribution in [0.2, 0.25) is 0 Å². The van der Waals surface area contributed by atoms with E-state index < -0.39 is 11.9 Å². The van der Waals surface area contributed by atoms with Crippen LogP contribution in [0, 0.1) is 18.8 Å². The van der Waals surface area contributed by atoms with E-state index in [1.54, 1.807) is 19.2 Å². The highest BCUT2D eigenvalue weighted by molar-refractivity contribution is 6.01. The van der Waals surface area contributed by atoms with Gasteiger partial charge in [-0.05, 0) is 55.0 Å². The summed E-state index contributed by atoms with van der Waals surface area (Å²) in [6.45, 7) is 7.81. The van der Waals surface area contributed by atoms with Gasteiger partial charge in [0.15, 0.2) is 0 Å². The van der Waals surface area contributed by atoms with E-state index in [-0.39, 0.29) is 30.7 Å². The van der Waals surface area contributed by atoms with Gasteiger partial charge in [-0.15, -0.1) is 0 Å². The van der Waals surface area contributed by atoms with Crippen LogP contribution in [-0.4, -0.2) is 78.6 Å². The Balaban J connectivity index is 0.000000389. The maximum absolute atomic E-state index is 12.6. The lowest BCUT2D eigenvalue weighted by Gasteiger charge is -2.28. The molecule has 1 fully saturated rings. The van der Waals surface area contributed by atoms with Crippen molar-refractivity contribution in [3.8, 4) is 34.4 Å². The number of fused-ring (bicyclic) bond motifs is 2. The molecule has 5 amide bonds. The molecule has 0 spiro atoms. The first-order chi connectivity index (χ1) is 26.1. The van der Waals surface area contributed by atoms with Crippen LogP contribution < -0.4 is 16.0 Å². The molecule has 0 aliphatic carbocycles. The van der Waals surface area contributed by atoms with Crippen molar-refractivity contribution >= 4 is 40.8 Å². The topological polar surface area (TPSA) is 181 Å². The first-order valence-electron chi connectivity index (χ1n) is 17.6. The molecule has 0 bridgehead atoms. The van der Waals surface area contributed by atoms with Crippen molar-refractivity contribution in [2.24, 2.45) is 0 Å². The number of nitrogens with zero attached hydrogens (tertiary/aromatic N) is 6. The van der Waals surface area contributed by atoms with E-state index in [9.17, 15) is 24.0 Å². The first kappa shape index (κ1) is 37.0. The SMILES string of the molecule is CCc1nc(-c2cccc3cc(-c4ccc(C(=O)NCC#Cc5cccc(C)n5)nc4)ncc23)c2n1CCN(C(C)=O)C2.O=CNC1CCC(=O)NC1=O. The van der Waals surface area contributed by atoms with Crippen molar-refractivity contribution in [3.63, 3.8) is 0 Å². The standard InChI is InChI=1S/C34H31N7O2.C6H8N2O3/c1-4-32-39-33(31-21-40(23(3)42)16-17-41(31)32)27-12-6-9-24-18-30(37-20-28(24)27)25-13-14-29(36-19-25)34(43)35-15-7-11-26-10-5-8-22(2)38-26;9-3-7-4-1-2-5(10)8-6(4)11/h5-6,8-10,12-14,18-20H,4,15-17,21H2,1-3H3,(H,35,43);3-4H,1-2H2,(H,7,9)(H,8,10,11). The Morgan fingerprint density at radius 3 is 2.59 bits per heavy atom. The predicted molar refractivity (Wildman–Crippen MR) is 200 cm³/mol. The summed E-state index contributed by atoms with van der Waals surface area (Å²) in [4.78, 5) is 76.4. The molecule has 5 aromatic rings. The van der Waals surface area contributed by atoms with Crippen LogP contribution in [0.4, 0.5) is 0 Å². The number of carbonyl (C=O) groups excluding carboxylic acids is 5. The molecule has 6 heterocycles. The molecular formula is C40H39N9O5. The Bertz CT molecular complexity index is 2310. The zero-order valence-electron chi connectivity index (χ0n) is 30.2. The lowest BCUT2D eigenvalue weighted by atomic mass is 10.0. The van der Waals surface area contributed by atoms with Gasteiger partial charge < -0.3 is 20.1 Å². The lowest BCUT2D eigenvalue weighted by Crippen LogP contribution is -2.50. The van der Waals surface area contributed by atoms with Gasteiger partial charge in [-0.1, -0.05) is 37.1 Å². The van der Waals surface area contributed by atoms with Crippen LogP contribution in [0.5, 0.6) is 0 Å². The Morgan fingerprint density at radius 2 is 1.87 bits per heavy atom. The van der Waals surface area contributed by atoms with E-state index in [0.29, 0.717) is 37.3 Å². The van der Waals surface area contributed by atoms with Gasteiger partial charge in [-0.2, -0.15) is 0 Å². The average molecular weight is 726 g/mol. The first-order valence-corrected chi connectivity index (χ1v) is 17.6. The summed E-state index contributed by atoms with van der Waals surface area (Å²) in [6, 6.07) is 16.8.